The molecule has 66 valence electrons. The summed E-state index contributed by atoms with van der Waals surface area (Å²) in [7, 11) is 0. The molecule has 1 fully saturated rings. The lowest BCUT2D eigenvalue weighted by Crippen LogP contribution is -2.09. The van der Waals surface area contributed by atoms with Crippen molar-refractivity contribution in [3.8, 4) is 0 Å². The molecule has 1 atom stereocenters. The highest BCUT2D eigenvalue weighted by Gasteiger charge is 2.15. The first-order valence-electron chi connectivity index (χ1n) is 4.57. The molecule has 1 aliphatic rings. The summed E-state index contributed by atoms with van der Waals surface area (Å²) >= 11 is 3.27. The van der Waals surface area contributed by atoms with Crippen LogP contribution in [-0.2, 0) is 0 Å². The van der Waals surface area contributed by atoms with Crippen molar-refractivity contribution in [2.24, 2.45) is 5.92 Å². The zero-order chi connectivity index (χ0) is 8.10. The lowest BCUT2D eigenvalue weighted by Gasteiger charge is -2.10. The van der Waals surface area contributed by atoms with Gasteiger partial charge in [0.15, 0.2) is 0 Å². The number of aliphatic hydroxyl groups is 1. The smallest absolute Gasteiger partial charge is 0.0637 e. The summed E-state index contributed by atoms with van der Waals surface area (Å²) in [4.78, 5) is 0. The van der Waals surface area contributed by atoms with Gasteiger partial charge < -0.3 is 5.11 Å². The Balaban J connectivity index is 2.01. The maximum Gasteiger partial charge on any atom is 0.0637 e. The first-order valence-corrected chi connectivity index (χ1v) is 5.69. The summed E-state index contributed by atoms with van der Waals surface area (Å²) in [5.41, 5.74) is 0. The van der Waals surface area contributed by atoms with Crippen LogP contribution in [0.5, 0.6) is 0 Å². The number of alkyl halides is 1. The highest BCUT2D eigenvalue weighted by atomic mass is 79.9. The second-order valence-corrected chi connectivity index (χ2v) is 4.18. The standard InChI is InChI=1S/C9H17BrO/c10-7-9(11)6-5-8-3-1-2-4-8/h8-9,11H,1-7H2. The highest BCUT2D eigenvalue weighted by molar-refractivity contribution is 9.09. The number of halogens is 1. The molecule has 1 nitrogen and oxygen atoms in total. The van der Waals surface area contributed by atoms with Crippen LogP contribution in [0.3, 0.4) is 0 Å². The van der Waals surface area contributed by atoms with Crippen LogP contribution in [0.4, 0.5) is 0 Å². The molecule has 0 aromatic rings. The van der Waals surface area contributed by atoms with E-state index >= 15 is 0 Å². The molecule has 0 bridgehead atoms. The van der Waals surface area contributed by atoms with Crippen molar-refractivity contribution >= 4 is 15.9 Å². The van der Waals surface area contributed by atoms with Gasteiger partial charge >= 0.3 is 0 Å². The maximum absolute atomic E-state index is 9.27. The summed E-state index contributed by atoms with van der Waals surface area (Å²) in [6, 6.07) is 0. The topological polar surface area (TPSA) is 20.2 Å². The SMILES string of the molecule is OC(CBr)CCC1CCCC1. The molecular formula is C9H17BrO. The second kappa shape index (κ2) is 5.15. The van der Waals surface area contributed by atoms with Gasteiger partial charge in [-0.3, -0.25) is 0 Å². The van der Waals surface area contributed by atoms with Gasteiger partial charge in [0.05, 0.1) is 6.10 Å². The van der Waals surface area contributed by atoms with Gasteiger partial charge in [-0.05, 0) is 18.8 Å². The van der Waals surface area contributed by atoms with Crippen LogP contribution in [0, 0.1) is 5.92 Å². The van der Waals surface area contributed by atoms with Crippen LogP contribution in [0.25, 0.3) is 0 Å². The summed E-state index contributed by atoms with van der Waals surface area (Å²) in [5.74, 6) is 0.920. The van der Waals surface area contributed by atoms with E-state index in [2.05, 4.69) is 15.9 Å². The number of hydrogen-bond donors (Lipinski definition) is 1. The molecule has 0 heterocycles. The van der Waals surface area contributed by atoms with Gasteiger partial charge in [0.25, 0.3) is 0 Å². The second-order valence-electron chi connectivity index (χ2n) is 3.54. The molecular weight excluding hydrogens is 204 g/mol. The van der Waals surface area contributed by atoms with Crippen molar-refractivity contribution in [3.05, 3.63) is 0 Å². The van der Waals surface area contributed by atoms with Crippen molar-refractivity contribution in [1.82, 2.24) is 0 Å². The summed E-state index contributed by atoms with van der Waals surface area (Å²) < 4.78 is 0. The Bertz CT molecular complexity index is 99.7. The molecule has 1 saturated carbocycles. The minimum atomic E-state index is -0.115. The molecule has 0 spiro atoms. The van der Waals surface area contributed by atoms with E-state index in [1.165, 1.54) is 32.1 Å². The molecule has 0 radical (unpaired) electrons. The number of hydrogen-bond acceptors (Lipinski definition) is 1. The van der Waals surface area contributed by atoms with Crippen LogP contribution in [-0.4, -0.2) is 16.5 Å². The van der Waals surface area contributed by atoms with Crippen LogP contribution in [0.15, 0.2) is 0 Å². The van der Waals surface area contributed by atoms with E-state index in [-0.39, 0.29) is 6.10 Å². The van der Waals surface area contributed by atoms with Crippen LogP contribution < -0.4 is 0 Å². The Morgan fingerprint density at radius 2 is 2.00 bits per heavy atom. The van der Waals surface area contributed by atoms with Crippen molar-refractivity contribution in [3.63, 3.8) is 0 Å². The van der Waals surface area contributed by atoms with Gasteiger partial charge in [0.2, 0.25) is 0 Å². The van der Waals surface area contributed by atoms with Crippen molar-refractivity contribution in [2.45, 2.75) is 44.6 Å². The van der Waals surface area contributed by atoms with E-state index in [0.29, 0.717) is 0 Å². The molecule has 1 unspecified atom stereocenters. The minimum absolute atomic E-state index is 0.115. The molecule has 11 heavy (non-hydrogen) atoms. The highest BCUT2D eigenvalue weighted by Crippen LogP contribution is 2.28. The lowest BCUT2D eigenvalue weighted by atomic mass is 10.0. The third kappa shape index (κ3) is 3.57. The van der Waals surface area contributed by atoms with Gasteiger partial charge in [-0.1, -0.05) is 41.6 Å². The van der Waals surface area contributed by atoms with E-state index < -0.39 is 0 Å². The molecule has 2 heteroatoms. The average Bonchev–Trinajstić information content (AvgIpc) is 2.52. The number of aliphatic hydroxyl groups excluding tert-OH is 1. The third-order valence-corrected chi connectivity index (χ3v) is 3.31. The lowest BCUT2D eigenvalue weighted by molar-refractivity contribution is 0.179. The Morgan fingerprint density at radius 3 is 2.55 bits per heavy atom. The summed E-state index contributed by atoms with van der Waals surface area (Å²) in [6.07, 6.45) is 7.72. The molecule has 1 rings (SSSR count). The van der Waals surface area contributed by atoms with E-state index in [1.807, 2.05) is 0 Å². The Hall–Kier alpha value is 0.440. The van der Waals surface area contributed by atoms with E-state index in [4.69, 9.17) is 0 Å². The fourth-order valence-electron chi connectivity index (χ4n) is 1.80. The molecule has 0 saturated heterocycles. The molecule has 0 aromatic heterocycles. The van der Waals surface area contributed by atoms with Crippen molar-refractivity contribution < 1.29 is 5.11 Å². The van der Waals surface area contributed by atoms with Gasteiger partial charge in [-0.15, -0.1) is 0 Å². The predicted octanol–water partition coefficient (Wildman–Crippen LogP) is 2.71. The molecule has 0 aromatic carbocycles. The van der Waals surface area contributed by atoms with Gasteiger partial charge in [0, 0.05) is 5.33 Å². The van der Waals surface area contributed by atoms with Crippen LogP contribution >= 0.6 is 15.9 Å². The zero-order valence-electron chi connectivity index (χ0n) is 6.93. The minimum Gasteiger partial charge on any atom is -0.392 e. The van der Waals surface area contributed by atoms with Crippen molar-refractivity contribution in [2.75, 3.05) is 5.33 Å². The van der Waals surface area contributed by atoms with Crippen LogP contribution in [0.2, 0.25) is 0 Å². The first-order chi connectivity index (χ1) is 5.33. The summed E-state index contributed by atoms with van der Waals surface area (Å²) in [6.45, 7) is 0. The van der Waals surface area contributed by atoms with Crippen LogP contribution in [0.1, 0.15) is 38.5 Å². The zero-order valence-corrected chi connectivity index (χ0v) is 8.52. The normalized spacial score (nSPS) is 22.4. The Morgan fingerprint density at radius 1 is 1.36 bits per heavy atom. The quantitative estimate of drug-likeness (QED) is 0.723. The van der Waals surface area contributed by atoms with E-state index in [1.54, 1.807) is 0 Å². The maximum atomic E-state index is 9.27. The van der Waals surface area contributed by atoms with Gasteiger partial charge in [-0.25, -0.2) is 0 Å². The summed E-state index contributed by atoms with van der Waals surface area (Å²) in [5, 5.41) is 10.0. The molecule has 1 N–H and O–H groups in total. The number of rotatable bonds is 4. The van der Waals surface area contributed by atoms with Gasteiger partial charge in [-0.2, -0.15) is 0 Å². The molecule has 0 aliphatic heterocycles. The Labute approximate surface area is 77.3 Å². The van der Waals surface area contributed by atoms with E-state index in [9.17, 15) is 5.11 Å². The monoisotopic (exact) mass is 220 g/mol. The molecule has 1 aliphatic carbocycles. The molecule has 0 amide bonds. The van der Waals surface area contributed by atoms with Crippen molar-refractivity contribution in [1.29, 1.82) is 0 Å². The fourth-order valence-corrected chi connectivity index (χ4v) is 2.13. The van der Waals surface area contributed by atoms with E-state index in [0.717, 1.165) is 17.7 Å². The first kappa shape index (κ1) is 9.53. The Kier molecular flexibility index (Phi) is 4.46. The predicted molar refractivity (Wildman–Crippen MR) is 51.0 cm³/mol. The third-order valence-electron chi connectivity index (χ3n) is 2.56. The fraction of sp³-hybridized carbons (Fsp3) is 1.00. The average molecular weight is 221 g/mol. The van der Waals surface area contributed by atoms with Gasteiger partial charge in [0.1, 0.15) is 0 Å². The largest absolute Gasteiger partial charge is 0.392 e.